The Bertz CT molecular complexity index is 696. The maximum absolute atomic E-state index is 13.1. The van der Waals surface area contributed by atoms with E-state index in [1.54, 1.807) is 0 Å². The van der Waals surface area contributed by atoms with Crippen molar-refractivity contribution in [3.8, 4) is 0 Å². The van der Waals surface area contributed by atoms with E-state index in [1.165, 1.54) is 34.7 Å². The Hall–Kier alpha value is -2.69. The van der Waals surface area contributed by atoms with Crippen LogP contribution in [0.1, 0.15) is 24.0 Å². The molecule has 2 aromatic carbocycles. The van der Waals surface area contributed by atoms with Crippen LogP contribution in [0.3, 0.4) is 0 Å². The Morgan fingerprint density at radius 2 is 1.62 bits per heavy atom. The molecule has 126 valence electrons. The molecule has 0 radical (unpaired) electrons. The van der Waals surface area contributed by atoms with Gasteiger partial charge in [-0.15, -0.1) is 0 Å². The average Bonchev–Trinajstić information content (AvgIpc) is 2.56. The number of rotatable bonds is 7. The summed E-state index contributed by atoms with van der Waals surface area (Å²) < 4.78 is 13.1. The van der Waals surface area contributed by atoms with Crippen molar-refractivity contribution in [2.45, 2.75) is 26.2 Å². The number of halogens is 1. The quantitative estimate of drug-likeness (QED) is 0.849. The zero-order valence-electron chi connectivity index (χ0n) is 13.7. The molecular weight excluding hydrogens is 307 g/mol. The first kappa shape index (κ1) is 17.7. The number of benzene rings is 2. The van der Waals surface area contributed by atoms with Crippen molar-refractivity contribution in [3.63, 3.8) is 0 Å². The molecule has 2 aromatic rings. The van der Waals surface area contributed by atoms with Crippen molar-refractivity contribution < 1.29 is 14.0 Å². The van der Waals surface area contributed by atoms with E-state index >= 15 is 0 Å². The molecule has 5 heteroatoms. The third-order valence-electron chi connectivity index (χ3n) is 3.77. The van der Waals surface area contributed by atoms with Crippen LogP contribution in [-0.4, -0.2) is 18.4 Å². The molecule has 0 aliphatic carbocycles. The Morgan fingerprint density at radius 1 is 1.00 bits per heavy atom. The Labute approximate surface area is 141 Å². The number of nitrogens with two attached hydrogens (primary N) is 1. The zero-order valence-corrected chi connectivity index (χ0v) is 13.7. The van der Waals surface area contributed by atoms with E-state index in [9.17, 15) is 14.0 Å². The number of nitrogens with zero attached hydrogens (tertiary/aromatic N) is 1. The second-order valence-electron chi connectivity index (χ2n) is 5.72. The summed E-state index contributed by atoms with van der Waals surface area (Å²) >= 11 is 0. The number of hydrogen-bond acceptors (Lipinski definition) is 2. The maximum atomic E-state index is 13.1. The van der Waals surface area contributed by atoms with Crippen LogP contribution < -0.4 is 10.6 Å². The van der Waals surface area contributed by atoms with Crippen LogP contribution in [0.2, 0.25) is 0 Å². The van der Waals surface area contributed by atoms with Crippen LogP contribution in [0.5, 0.6) is 0 Å². The van der Waals surface area contributed by atoms with Gasteiger partial charge in [-0.2, -0.15) is 0 Å². The summed E-state index contributed by atoms with van der Waals surface area (Å²) in [6.45, 7) is 2.20. The van der Waals surface area contributed by atoms with Crippen molar-refractivity contribution >= 4 is 17.5 Å². The lowest BCUT2D eigenvalue weighted by Crippen LogP contribution is -2.34. The molecular formula is C19H21FN2O2. The minimum Gasteiger partial charge on any atom is -0.370 e. The van der Waals surface area contributed by atoms with Gasteiger partial charge in [0, 0.05) is 25.1 Å². The van der Waals surface area contributed by atoms with Crippen molar-refractivity contribution in [1.82, 2.24) is 0 Å². The molecule has 0 saturated carbocycles. The molecule has 0 unspecified atom stereocenters. The molecule has 0 saturated heterocycles. The lowest BCUT2D eigenvalue weighted by molar-refractivity contribution is -0.119. The van der Waals surface area contributed by atoms with Gasteiger partial charge >= 0.3 is 0 Å². The highest BCUT2D eigenvalue weighted by Crippen LogP contribution is 2.17. The van der Waals surface area contributed by atoms with Crippen LogP contribution in [-0.2, 0) is 16.0 Å². The van der Waals surface area contributed by atoms with Gasteiger partial charge in [0.05, 0.1) is 0 Å². The van der Waals surface area contributed by atoms with E-state index < -0.39 is 5.91 Å². The molecule has 0 aliphatic heterocycles. The van der Waals surface area contributed by atoms with Gasteiger partial charge in [-0.1, -0.05) is 29.8 Å². The topological polar surface area (TPSA) is 63.4 Å². The minimum atomic E-state index is -0.478. The largest absolute Gasteiger partial charge is 0.370 e. The molecule has 2 N–H and O–H groups in total. The second-order valence-corrected chi connectivity index (χ2v) is 5.72. The van der Waals surface area contributed by atoms with Gasteiger partial charge in [-0.05, 0) is 43.2 Å². The van der Waals surface area contributed by atoms with Gasteiger partial charge in [0.15, 0.2) is 0 Å². The zero-order chi connectivity index (χ0) is 17.5. The lowest BCUT2D eigenvalue weighted by Gasteiger charge is -2.22. The van der Waals surface area contributed by atoms with Gasteiger partial charge in [0.25, 0.3) is 0 Å². The summed E-state index contributed by atoms with van der Waals surface area (Å²) in [7, 11) is 0. The second kappa shape index (κ2) is 8.24. The monoisotopic (exact) mass is 328 g/mol. The third-order valence-corrected chi connectivity index (χ3v) is 3.77. The third kappa shape index (κ3) is 5.19. The molecule has 0 spiro atoms. The number of primary amides is 1. The number of anilines is 1. The molecule has 0 fully saturated rings. The van der Waals surface area contributed by atoms with Crippen molar-refractivity contribution in [3.05, 3.63) is 65.5 Å². The number of hydrogen-bond donors (Lipinski definition) is 1. The van der Waals surface area contributed by atoms with E-state index in [1.807, 2.05) is 31.2 Å². The summed E-state index contributed by atoms with van der Waals surface area (Å²) in [5.41, 5.74) is 7.99. The lowest BCUT2D eigenvalue weighted by atomic mass is 10.1. The molecule has 24 heavy (non-hydrogen) atoms. The van der Waals surface area contributed by atoms with E-state index in [0.29, 0.717) is 18.5 Å². The molecule has 0 aliphatic rings. The SMILES string of the molecule is Cc1ccc(CCC(=O)N(CCC(N)=O)c2ccc(F)cc2)cc1. The fraction of sp³-hybridized carbons (Fsp3) is 0.263. The first-order valence-electron chi connectivity index (χ1n) is 7.85. The number of carbonyl (C=O) groups excluding carboxylic acids is 2. The van der Waals surface area contributed by atoms with Crippen LogP contribution in [0.15, 0.2) is 48.5 Å². The Balaban J connectivity index is 2.07. The minimum absolute atomic E-state index is 0.0631. The van der Waals surface area contributed by atoms with E-state index in [2.05, 4.69) is 0 Å². The first-order valence-corrected chi connectivity index (χ1v) is 7.85. The van der Waals surface area contributed by atoms with Gasteiger partial charge in [0.2, 0.25) is 11.8 Å². The normalized spacial score (nSPS) is 10.4. The predicted molar refractivity (Wildman–Crippen MR) is 92.1 cm³/mol. The Morgan fingerprint density at radius 3 is 2.21 bits per heavy atom. The van der Waals surface area contributed by atoms with Crippen LogP contribution >= 0.6 is 0 Å². The summed E-state index contributed by atoms with van der Waals surface area (Å²) in [5.74, 6) is -0.974. The summed E-state index contributed by atoms with van der Waals surface area (Å²) in [5, 5.41) is 0. The maximum Gasteiger partial charge on any atom is 0.227 e. The number of aryl methyl sites for hydroxylation is 2. The van der Waals surface area contributed by atoms with E-state index in [4.69, 9.17) is 5.73 Å². The van der Waals surface area contributed by atoms with Gasteiger partial charge in [-0.3, -0.25) is 9.59 Å². The van der Waals surface area contributed by atoms with Crippen LogP contribution in [0, 0.1) is 12.7 Å². The summed E-state index contributed by atoms with van der Waals surface area (Å²) in [4.78, 5) is 25.1. The fourth-order valence-electron chi connectivity index (χ4n) is 2.38. The van der Waals surface area contributed by atoms with E-state index in [0.717, 1.165) is 5.56 Å². The average molecular weight is 328 g/mol. The van der Waals surface area contributed by atoms with Gasteiger partial charge in [-0.25, -0.2) is 4.39 Å². The van der Waals surface area contributed by atoms with Crippen molar-refractivity contribution in [1.29, 1.82) is 0 Å². The van der Waals surface area contributed by atoms with Crippen molar-refractivity contribution in [2.24, 2.45) is 5.73 Å². The van der Waals surface area contributed by atoms with Crippen LogP contribution in [0.25, 0.3) is 0 Å². The highest BCUT2D eigenvalue weighted by Gasteiger charge is 2.16. The molecule has 0 atom stereocenters. The molecule has 2 amide bonds. The highest BCUT2D eigenvalue weighted by molar-refractivity contribution is 5.94. The first-order chi connectivity index (χ1) is 11.5. The summed E-state index contributed by atoms with van der Waals surface area (Å²) in [6.07, 6.45) is 0.972. The summed E-state index contributed by atoms with van der Waals surface area (Å²) in [6, 6.07) is 13.6. The number of amides is 2. The molecule has 0 bridgehead atoms. The molecule has 0 aromatic heterocycles. The predicted octanol–water partition coefficient (Wildman–Crippen LogP) is 2.98. The van der Waals surface area contributed by atoms with Gasteiger partial charge in [0.1, 0.15) is 5.82 Å². The Kier molecular flexibility index (Phi) is 6.07. The van der Waals surface area contributed by atoms with Gasteiger partial charge < -0.3 is 10.6 Å². The standard InChI is InChI=1S/C19H21FN2O2/c1-14-2-4-15(5-3-14)6-11-19(24)22(13-12-18(21)23)17-9-7-16(20)8-10-17/h2-5,7-10H,6,11-13H2,1H3,(H2,21,23). The molecule has 4 nitrogen and oxygen atoms in total. The smallest absolute Gasteiger partial charge is 0.227 e. The number of carbonyl (C=O) groups is 2. The highest BCUT2D eigenvalue weighted by atomic mass is 19.1. The van der Waals surface area contributed by atoms with Crippen LogP contribution in [0.4, 0.5) is 10.1 Å². The molecule has 0 heterocycles. The molecule has 2 rings (SSSR count). The fourth-order valence-corrected chi connectivity index (χ4v) is 2.38. The van der Waals surface area contributed by atoms with E-state index in [-0.39, 0.29) is 24.7 Å². The van der Waals surface area contributed by atoms with Crippen molar-refractivity contribution in [2.75, 3.05) is 11.4 Å².